The predicted octanol–water partition coefficient (Wildman–Crippen LogP) is 2.60. The third-order valence-corrected chi connectivity index (χ3v) is 3.85. The minimum atomic E-state index is 0.201. The third-order valence-electron chi connectivity index (χ3n) is 3.85. The highest BCUT2D eigenvalue weighted by Crippen LogP contribution is 2.18. The largest absolute Gasteiger partial charge is 0.336 e. The maximum atomic E-state index is 12.8. The maximum Gasteiger partial charge on any atom is 0.254 e. The third kappa shape index (κ3) is 3.35. The molecular weight excluding hydrogens is 236 g/mol. The van der Waals surface area contributed by atoms with Gasteiger partial charge < -0.3 is 10.2 Å². The summed E-state index contributed by atoms with van der Waals surface area (Å²) in [5, 5.41) is 3.36. The lowest BCUT2D eigenvalue weighted by atomic mass is 10.0. The molecule has 3 heteroatoms. The fourth-order valence-corrected chi connectivity index (χ4v) is 2.78. The quantitative estimate of drug-likeness (QED) is 0.902. The first kappa shape index (κ1) is 14.1. The van der Waals surface area contributed by atoms with Crippen LogP contribution in [0.2, 0.25) is 0 Å². The molecule has 1 saturated heterocycles. The van der Waals surface area contributed by atoms with Crippen LogP contribution in [0.25, 0.3) is 0 Å². The summed E-state index contributed by atoms with van der Waals surface area (Å²) in [5.74, 6) is 0.201. The van der Waals surface area contributed by atoms with Crippen molar-refractivity contribution in [3.05, 3.63) is 35.4 Å². The molecule has 0 aliphatic carbocycles. The van der Waals surface area contributed by atoms with Gasteiger partial charge in [0.05, 0.1) is 0 Å². The molecule has 0 spiro atoms. The molecule has 19 heavy (non-hydrogen) atoms. The first-order chi connectivity index (χ1) is 9.24. The van der Waals surface area contributed by atoms with Crippen LogP contribution in [-0.2, 0) is 0 Å². The van der Waals surface area contributed by atoms with E-state index in [0.717, 1.165) is 50.0 Å². The molecule has 0 unspecified atom stereocenters. The number of benzene rings is 1. The van der Waals surface area contributed by atoms with Crippen LogP contribution in [0, 0.1) is 6.92 Å². The van der Waals surface area contributed by atoms with E-state index in [9.17, 15) is 4.79 Å². The second kappa shape index (κ2) is 6.71. The fourth-order valence-electron chi connectivity index (χ4n) is 2.78. The molecule has 2 rings (SSSR count). The summed E-state index contributed by atoms with van der Waals surface area (Å²) in [6, 6.07) is 8.29. The van der Waals surface area contributed by atoms with E-state index in [-0.39, 0.29) is 5.91 Å². The highest BCUT2D eigenvalue weighted by molar-refractivity contribution is 5.95. The predicted molar refractivity (Wildman–Crippen MR) is 78.4 cm³/mol. The normalized spacial score (nSPS) is 16.3. The van der Waals surface area contributed by atoms with Gasteiger partial charge in [-0.3, -0.25) is 4.79 Å². The minimum absolute atomic E-state index is 0.201. The molecule has 0 saturated carbocycles. The number of carbonyl (C=O) groups is 1. The van der Waals surface area contributed by atoms with E-state index in [2.05, 4.69) is 17.1 Å². The van der Waals surface area contributed by atoms with Crippen LogP contribution >= 0.6 is 0 Å². The topological polar surface area (TPSA) is 32.3 Å². The van der Waals surface area contributed by atoms with E-state index in [0.29, 0.717) is 6.04 Å². The smallest absolute Gasteiger partial charge is 0.254 e. The molecule has 1 aromatic rings. The van der Waals surface area contributed by atoms with Crippen molar-refractivity contribution in [2.24, 2.45) is 0 Å². The lowest BCUT2D eigenvalue weighted by Crippen LogP contribution is -2.46. The number of amides is 1. The maximum absolute atomic E-state index is 12.8. The molecule has 1 aliphatic rings. The monoisotopic (exact) mass is 260 g/mol. The van der Waals surface area contributed by atoms with E-state index in [1.165, 1.54) is 0 Å². The van der Waals surface area contributed by atoms with Gasteiger partial charge in [-0.2, -0.15) is 0 Å². The van der Waals surface area contributed by atoms with Crippen molar-refractivity contribution < 1.29 is 4.79 Å². The number of hydrogen-bond acceptors (Lipinski definition) is 2. The van der Waals surface area contributed by atoms with Gasteiger partial charge >= 0.3 is 0 Å². The molecule has 3 nitrogen and oxygen atoms in total. The molecule has 1 fully saturated rings. The number of nitrogens with zero attached hydrogens (tertiary/aromatic N) is 1. The highest BCUT2D eigenvalue weighted by atomic mass is 16.2. The number of rotatable bonds is 4. The zero-order valence-corrected chi connectivity index (χ0v) is 12.0. The number of nitrogens with one attached hydrogen (secondary N) is 1. The summed E-state index contributed by atoms with van der Waals surface area (Å²) in [6.07, 6.45) is 3.15. The molecule has 0 atom stereocenters. The van der Waals surface area contributed by atoms with E-state index in [1.807, 2.05) is 31.2 Å². The van der Waals surface area contributed by atoms with E-state index >= 15 is 0 Å². The SMILES string of the molecule is CCCN(C(=O)c1ccccc1C)C1CCNCC1. The van der Waals surface area contributed by atoms with Gasteiger partial charge in [-0.1, -0.05) is 25.1 Å². The summed E-state index contributed by atoms with van der Waals surface area (Å²) >= 11 is 0. The fraction of sp³-hybridized carbons (Fsp3) is 0.562. The van der Waals surface area contributed by atoms with Crippen molar-refractivity contribution in [3.63, 3.8) is 0 Å². The van der Waals surface area contributed by atoms with Gasteiger partial charge in [-0.05, 0) is 50.9 Å². The summed E-state index contributed by atoms with van der Waals surface area (Å²) in [4.78, 5) is 14.8. The Morgan fingerprint density at radius 1 is 1.32 bits per heavy atom. The minimum Gasteiger partial charge on any atom is -0.336 e. The van der Waals surface area contributed by atoms with Crippen LogP contribution in [0.15, 0.2) is 24.3 Å². The lowest BCUT2D eigenvalue weighted by Gasteiger charge is -2.35. The molecule has 0 bridgehead atoms. The Kier molecular flexibility index (Phi) is 4.97. The number of hydrogen-bond donors (Lipinski definition) is 1. The Balaban J connectivity index is 2.18. The number of piperidine rings is 1. The van der Waals surface area contributed by atoms with Crippen molar-refractivity contribution >= 4 is 5.91 Å². The average Bonchev–Trinajstić information content (AvgIpc) is 2.45. The van der Waals surface area contributed by atoms with Crippen molar-refractivity contribution in [1.29, 1.82) is 0 Å². The molecule has 1 heterocycles. The Bertz CT molecular complexity index is 425. The first-order valence-corrected chi connectivity index (χ1v) is 7.31. The van der Waals surface area contributed by atoms with Crippen LogP contribution in [-0.4, -0.2) is 36.5 Å². The second-order valence-electron chi connectivity index (χ2n) is 5.29. The second-order valence-corrected chi connectivity index (χ2v) is 5.29. The lowest BCUT2D eigenvalue weighted by molar-refractivity contribution is 0.0642. The zero-order valence-electron chi connectivity index (χ0n) is 12.0. The van der Waals surface area contributed by atoms with Gasteiger partial charge in [0, 0.05) is 18.2 Å². The van der Waals surface area contributed by atoms with E-state index in [1.54, 1.807) is 0 Å². The highest BCUT2D eigenvalue weighted by Gasteiger charge is 2.25. The summed E-state index contributed by atoms with van der Waals surface area (Å²) in [6.45, 7) is 7.05. The summed E-state index contributed by atoms with van der Waals surface area (Å²) < 4.78 is 0. The molecule has 1 aromatic carbocycles. The average molecular weight is 260 g/mol. The van der Waals surface area contributed by atoms with E-state index in [4.69, 9.17) is 0 Å². The van der Waals surface area contributed by atoms with Crippen LogP contribution in [0.3, 0.4) is 0 Å². The summed E-state index contributed by atoms with van der Waals surface area (Å²) in [7, 11) is 0. The Labute approximate surface area is 116 Å². The van der Waals surface area contributed by atoms with Crippen molar-refractivity contribution in [1.82, 2.24) is 10.2 Å². The van der Waals surface area contributed by atoms with Crippen LogP contribution in [0.5, 0.6) is 0 Å². The van der Waals surface area contributed by atoms with Gasteiger partial charge in [-0.25, -0.2) is 0 Å². The van der Waals surface area contributed by atoms with Crippen LogP contribution in [0.4, 0.5) is 0 Å². The molecule has 0 aromatic heterocycles. The van der Waals surface area contributed by atoms with Gasteiger partial charge in [0.2, 0.25) is 0 Å². The molecule has 1 aliphatic heterocycles. The molecular formula is C16H24N2O. The Morgan fingerprint density at radius 3 is 2.63 bits per heavy atom. The van der Waals surface area contributed by atoms with Crippen molar-refractivity contribution in [3.8, 4) is 0 Å². The van der Waals surface area contributed by atoms with Crippen molar-refractivity contribution in [2.45, 2.75) is 39.2 Å². The number of aryl methyl sites for hydroxylation is 1. The van der Waals surface area contributed by atoms with Gasteiger partial charge in [0.1, 0.15) is 0 Å². The molecule has 1 N–H and O–H groups in total. The van der Waals surface area contributed by atoms with Crippen LogP contribution < -0.4 is 5.32 Å². The molecule has 0 radical (unpaired) electrons. The van der Waals surface area contributed by atoms with Gasteiger partial charge in [-0.15, -0.1) is 0 Å². The van der Waals surface area contributed by atoms with Gasteiger partial charge in [0.25, 0.3) is 5.91 Å². The van der Waals surface area contributed by atoms with Gasteiger partial charge in [0.15, 0.2) is 0 Å². The number of carbonyl (C=O) groups excluding carboxylic acids is 1. The summed E-state index contributed by atoms with van der Waals surface area (Å²) in [5.41, 5.74) is 1.93. The van der Waals surface area contributed by atoms with Crippen LogP contribution in [0.1, 0.15) is 42.1 Å². The Morgan fingerprint density at radius 2 is 2.00 bits per heavy atom. The van der Waals surface area contributed by atoms with E-state index < -0.39 is 0 Å². The standard InChI is InChI=1S/C16H24N2O/c1-3-12-18(14-8-10-17-11-9-14)16(19)15-7-5-4-6-13(15)2/h4-7,14,17H,3,8-12H2,1-2H3. The van der Waals surface area contributed by atoms with Crippen molar-refractivity contribution in [2.75, 3.05) is 19.6 Å². The zero-order chi connectivity index (χ0) is 13.7. The first-order valence-electron chi connectivity index (χ1n) is 7.31. The Hall–Kier alpha value is -1.35. The molecule has 104 valence electrons. The molecule has 1 amide bonds.